The van der Waals surface area contributed by atoms with Crippen LogP contribution in [-0.2, 0) is 9.59 Å². The highest BCUT2D eigenvalue weighted by atomic mass is 79.9. The third kappa shape index (κ3) is 4.02. The number of para-hydroxylation sites is 2. The largest absolute Gasteiger partial charge is 0.491 e. The molecule has 0 bridgehead atoms. The van der Waals surface area contributed by atoms with E-state index in [9.17, 15) is 9.59 Å². The first-order chi connectivity index (χ1) is 12.1. The lowest BCUT2D eigenvalue weighted by atomic mass is 10.1. The molecule has 0 spiro atoms. The molecule has 2 aromatic rings. The SMILES string of the molecule is C[C@H](NC(=O)CN1C(=O)CCOc2ccccc21)c1ccccc1Br. The van der Waals surface area contributed by atoms with Gasteiger partial charge in [0.15, 0.2) is 0 Å². The van der Waals surface area contributed by atoms with Gasteiger partial charge in [-0.3, -0.25) is 14.5 Å². The predicted octanol–water partition coefficient (Wildman–Crippen LogP) is 3.44. The van der Waals surface area contributed by atoms with Gasteiger partial charge in [0.2, 0.25) is 11.8 Å². The second-order valence-corrected chi connectivity index (χ2v) is 6.71. The lowest BCUT2D eigenvalue weighted by Gasteiger charge is -2.23. The molecule has 0 radical (unpaired) electrons. The maximum Gasteiger partial charge on any atom is 0.240 e. The Bertz CT molecular complexity index is 794. The minimum atomic E-state index is -0.215. The Hall–Kier alpha value is -2.34. The normalized spacial score (nSPS) is 15.0. The summed E-state index contributed by atoms with van der Waals surface area (Å²) in [7, 11) is 0. The number of hydrogen-bond donors (Lipinski definition) is 1. The average molecular weight is 403 g/mol. The number of ether oxygens (including phenoxy) is 1. The number of carbonyl (C=O) groups excluding carboxylic acids is 2. The summed E-state index contributed by atoms with van der Waals surface area (Å²) < 4.78 is 6.53. The van der Waals surface area contributed by atoms with Crippen molar-refractivity contribution in [1.82, 2.24) is 5.32 Å². The van der Waals surface area contributed by atoms with E-state index in [1.807, 2.05) is 49.4 Å². The second-order valence-electron chi connectivity index (χ2n) is 5.86. The first-order valence-corrected chi connectivity index (χ1v) is 8.91. The smallest absolute Gasteiger partial charge is 0.240 e. The highest BCUT2D eigenvalue weighted by Crippen LogP contribution is 2.31. The van der Waals surface area contributed by atoms with Gasteiger partial charge in [0.25, 0.3) is 0 Å². The number of nitrogens with zero attached hydrogens (tertiary/aromatic N) is 1. The molecule has 6 heteroatoms. The van der Waals surface area contributed by atoms with Crippen LogP contribution in [-0.4, -0.2) is 25.0 Å². The van der Waals surface area contributed by atoms with E-state index in [1.54, 1.807) is 6.07 Å². The van der Waals surface area contributed by atoms with Crippen LogP contribution >= 0.6 is 15.9 Å². The molecule has 2 aromatic carbocycles. The summed E-state index contributed by atoms with van der Waals surface area (Å²) in [6, 6.07) is 14.8. The molecule has 1 aliphatic heterocycles. The van der Waals surface area contributed by atoms with Crippen LogP contribution in [0.3, 0.4) is 0 Å². The van der Waals surface area contributed by atoms with E-state index >= 15 is 0 Å². The van der Waals surface area contributed by atoms with Gasteiger partial charge < -0.3 is 10.1 Å². The van der Waals surface area contributed by atoms with Gasteiger partial charge in [-0.1, -0.05) is 46.3 Å². The molecule has 0 saturated heterocycles. The number of nitrogens with one attached hydrogen (secondary N) is 1. The van der Waals surface area contributed by atoms with Crippen LogP contribution in [0.2, 0.25) is 0 Å². The molecular formula is C19H19BrN2O3. The number of amides is 2. The maximum absolute atomic E-state index is 12.5. The molecule has 1 heterocycles. The summed E-state index contributed by atoms with van der Waals surface area (Å²) in [4.78, 5) is 26.4. The monoisotopic (exact) mass is 402 g/mol. The van der Waals surface area contributed by atoms with Gasteiger partial charge in [-0.05, 0) is 30.7 Å². The minimum Gasteiger partial charge on any atom is -0.491 e. The van der Waals surface area contributed by atoms with Crippen molar-refractivity contribution >= 4 is 33.4 Å². The summed E-state index contributed by atoms with van der Waals surface area (Å²) in [5.74, 6) is 0.293. The topological polar surface area (TPSA) is 58.6 Å². The standard InChI is InChI=1S/C19H19BrN2O3/c1-13(14-6-2-3-7-15(14)20)21-18(23)12-22-16-8-4-5-9-17(16)25-11-10-19(22)24/h2-9,13H,10-12H2,1H3,(H,21,23)/t13-/m0/s1. The highest BCUT2D eigenvalue weighted by molar-refractivity contribution is 9.10. The van der Waals surface area contributed by atoms with Gasteiger partial charge >= 0.3 is 0 Å². The van der Waals surface area contributed by atoms with Crippen LogP contribution in [0.25, 0.3) is 0 Å². The Balaban J connectivity index is 1.74. The van der Waals surface area contributed by atoms with Crippen molar-refractivity contribution in [2.24, 2.45) is 0 Å². The molecule has 0 saturated carbocycles. The van der Waals surface area contributed by atoms with E-state index in [1.165, 1.54) is 4.90 Å². The fourth-order valence-electron chi connectivity index (χ4n) is 2.83. The number of carbonyl (C=O) groups is 2. The van der Waals surface area contributed by atoms with Gasteiger partial charge in [-0.25, -0.2) is 0 Å². The summed E-state index contributed by atoms with van der Waals surface area (Å²) in [6.45, 7) is 2.20. The van der Waals surface area contributed by atoms with E-state index < -0.39 is 0 Å². The molecule has 1 aliphatic rings. The van der Waals surface area contributed by atoms with Crippen LogP contribution in [0, 0.1) is 0 Å². The zero-order valence-corrected chi connectivity index (χ0v) is 15.5. The molecule has 0 aromatic heterocycles. The van der Waals surface area contributed by atoms with E-state index in [0.717, 1.165) is 10.0 Å². The van der Waals surface area contributed by atoms with Crippen molar-refractivity contribution in [3.05, 3.63) is 58.6 Å². The van der Waals surface area contributed by atoms with Crippen LogP contribution < -0.4 is 15.0 Å². The fourth-order valence-corrected chi connectivity index (χ4v) is 3.46. The Labute approximate surface area is 155 Å². The quantitative estimate of drug-likeness (QED) is 0.851. The summed E-state index contributed by atoms with van der Waals surface area (Å²) >= 11 is 3.49. The van der Waals surface area contributed by atoms with Gasteiger partial charge in [0.05, 0.1) is 24.8 Å². The molecule has 130 valence electrons. The molecule has 1 atom stereocenters. The number of rotatable bonds is 4. The average Bonchev–Trinajstić information content (AvgIpc) is 2.75. The predicted molar refractivity (Wildman–Crippen MR) is 99.6 cm³/mol. The number of fused-ring (bicyclic) bond motifs is 1. The number of halogens is 1. The van der Waals surface area contributed by atoms with E-state index in [2.05, 4.69) is 21.2 Å². The maximum atomic E-state index is 12.5. The number of hydrogen-bond acceptors (Lipinski definition) is 3. The van der Waals surface area contributed by atoms with E-state index in [-0.39, 0.29) is 30.8 Å². The second kappa shape index (κ2) is 7.70. The van der Waals surface area contributed by atoms with Gasteiger partial charge in [0, 0.05) is 4.47 Å². The third-order valence-electron chi connectivity index (χ3n) is 4.08. The van der Waals surface area contributed by atoms with Crippen LogP contribution in [0.15, 0.2) is 53.0 Å². The highest BCUT2D eigenvalue weighted by Gasteiger charge is 2.25. The molecule has 3 rings (SSSR count). The summed E-state index contributed by atoms with van der Waals surface area (Å²) in [6.07, 6.45) is 0.252. The van der Waals surface area contributed by atoms with Crippen molar-refractivity contribution in [3.63, 3.8) is 0 Å². The number of benzene rings is 2. The lowest BCUT2D eigenvalue weighted by molar-refractivity contribution is -0.124. The molecule has 0 fully saturated rings. The summed E-state index contributed by atoms with van der Waals surface area (Å²) in [5.41, 5.74) is 1.62. The molecule has 0 aliphatic carbocycles. The Morgan fingerprint density at radius 3 is 2.76 bits per heavy atom. The Kier molecular flexibility index (Phi) is 5.38. The zero-order chi connectivity index (χ0) is 17.8. The van der Waals surface area contributed by atoms with Crippen molar-refractivity contribution in [3.8, 4) is 5.75 Å². The van der Waals surface area contributed by atoms with Crippen LogP contribution in [0.1, 0.15) is 24.9 Å². The Morgan fingerprint density at radius 2 is 1.96 bits per heavy atom. The Morgan fingerprint density at radius 1 is 1.24 bits per heavy atom. The van der Waals surface area contributed by atoms with Crippen molar-refractivity contribution in [2.75, 3.05) is 18.1 Å². The lowest BCUT2D eigenvalue weighted by Crippen LogP contribution is -2.41. The van der Waals surface area contributed by atoms with Gasteiger partial charge in [-0.15, -0.1) is 0 Å². The van der Waals surface area contributed by atoms with E-state index in [4.69, 9.17) is 4.74 Å². The first-order valence-electron chi connectivity index (χ1n) is 8.12. The molecule has 1 N–H and O–H groups in total. The molecule has 25 heavy (non-hydrogen) atoms. The van der Waals surface area contributed by atoms with Crippen molar-refractivity contribution in [2.45, 2.75) is 19.4 Å². The molecule has 0 unspecified atom stereocenters. The molecule has 5 nitrogen and oxygen atoms in total. The molecule has 2 amide bonds. The van der Waals surface area contributed by atoms with Crippen LogP contribution in [0.5, 0.6) is 5.75 Å². The van der Waals surface area contributed by atoms with Crippen LogP contribution in [0.4, 0.5) is 5.69 Å². The van der Waals surface area contributed by atoms with Crippen molar-refractivity contribution in [1.29, 1.82) is 0 Å². The third-order valence-corrected chi connectivity index (χ3v) is 4.80. The minimum absolute atomic E-state index is 0.0337. The zero-order valence-electron chi connectivity index (χ0n) is 13.9. The fraction of sp³-hybridized carbons (Fsp3) is 0.263. The van der Waals surface area contributed by atoms with Crippen molar-refractivity contribution < 1.29 is 14.3 Å². The van der Waals surface area contributed by atoms with Gasteiger partial charge in [0.1, 0.15) is 12.3 Å². The van der Waals surface area contributed by atoms with Gasteiger partial charge in [-0.2, -0.15) is 0 Å². The summed E-state index contributed by atoms with van der Waals surface area (Å²) in [5, 5.41) is 2.95. The number of anilines is 1. The molecular weight excluding hydrogens is 384 g/mol. The first kappa shape index (κ1) is 17.5. The van der Waals surface area contributed by atoms with E-state index in [0.29, 0.717) is 18.0 Å².